The molecule has 2 aromatic heterocycles. The molecule has 0 saturated heterocycles. The van der Waals surface area contributed by atoms with Crippen molar-refractivity contribution in [3.05, 3.63) is 83.8 Å². The van der Waals surface area contributed by atoms with Crippen molar-refractivity contribution in [1.82, 2.24) is 14.5 Å². The Morgan fingerprint density at radius 2 is 1.77 bits per heavy atom. The van der Waals surface area contributed by atoms with E-state index in [1.807, 2.05) is 0 Å². The van der Waals surface area contributed by atoms with Crippen LogP contribution in [0.1, 0.15) is 16.2 Å². The molecule has 2 heterocycles. The zero-order valence-electron chi connectivity index (χ0n) is 14.9. The van der Waals surface area contributed by atoms with E-state index in [1.54, 1.807) is 12.1 Å². The van der Waals surface area contributed by atoms with Gasteiger partial charge in [0.1, 0.15) is 17.5 Å². The van der Waals surface area contributed by atoms with Gasteiger partial charge in [0.2, 0.25) is 5.82 Å². The van der Waals surface area contributed by atoms with E-state index in [0.29, 0.717) is 0 Å². The fourth-order valence-corrected chi connectivity index (χ4v) is 2.91. The molecule has 0 aliphatic heterocycles. The molecule has 0 spiro atoms. The molecule has 152 valence electrons. The first-order chi connectivity index (χ1) is 14.2. The number of aromatic nitrogens is 3. The number of halogens is 5. The number of benzene rings is 2. The lowest BCUT2D eigenvalue weighted by atomic mass is 10.2. The van der Waals surface area contributed by atoms with Crippen molar-refractivity contribution >= 4 is 22.6 Å². The van der Waals surface area contributed by atoms with E-state index >= 15 is 0 Å². The number of anilines is 1. The average molecular weight is 418 g/mol. The van der Waals surface area contributed by atoms with Gasteiger partial charge in [0.05, 0.1) is 28.5 Å². The molecule has 5 nitrogen and oxygen atoms in total. The number of carbonyl (C=O) groups is 1. The minimum Gasteiger partial charge on any atom is -0.320 e. The Bertz CT molecular complexity index is 1250. The summed E-state index contributed by atoms with van der Waals surface area (Å²) >= 11 is 0. The highest BCUT2D eigenvalue weighted by Gasteiger charge is 2.38. The summed E-state index contributed by atoms with van der Waals surface area (Å²) in [6.45, 7) is 0. The lowest BCUT2D eigenvalue weighted by molar-refractivity contribution is -0.145. The van der Waals surface area contributed by atoms with Crippen molar-refractivity contribution in [3.8, 4) is 5.82 Å². The Hall–Kier alpha value is -3.82. The quantitative estimate of drug-likeness (QED) is 0.478. The van der Waals surface area contributed by atoms with Gasteiger partial charge in [0, 0.05) is 0 Å². The van der Waals surface area contributed by atoms with Gasteiger partial charge in [-0.2, -0.15) is 13.2 Å². The summed E-state index contributed by atoms with van der Waals surface area (Å²) in [5.41, 5.74) is -0.0778. The number of nitrogens with zero attached hydrogens (tertiary/aromatic N) is 3. The third-order valence-electron chi connectivity index (χ3n) is 4.22. The Morgan fingerprint density at radius 1 is 1.00 bits per heavy atom. The fraction of sp³-hybridized carbons (Fsp3) is 0.0500. The maximum Gasteiger partial charge on any atom is 0.450 e. The molecule has 10 heteroatoms. The zero-order valence-corrected chi connectivity index (χ0v) is 14.9. The van der Waals surface area contributed by atoms with E-state index in [1.165, 1.54) is 24.3 Å². The third kappa shape index (κ3) is 3.59. The molecular weight excluding hydrogens is 407 g/mol. The van der Waals surface area contributed by atoms with Gasteiger partial charge >= 0.3 is 6.18 Å². The number of imidazole rings is 1. The summed E-state index contributed by atoms with van der Waals surface area (Å²) in [4.78, 5) is 19.8. The second kappa shape index (κ2) is 7.21. The summed E-state index contributed by atoms with van der Waals surface area (Å²) in [5, 5.41) is 2.33. The van der Waals surface area contributed by atoms with Crippen molar-refractivity contribution in [3.63, 3.8) is 0 Å². The predicted molar refractivity (Wildman–Crippen MR) is 98.2 cm³/mol. The number of alkyl halides is 3. The van der Waals surface area contributed by atoms with Crippen molar-refractivity contribution in [2.75, 3.05) is 5.32 Å². The number of fused-ring (bicyclic) bond motifs is 1. The van der Waals surface area contributed by atoms with Gasteiger partial charge in [0.25, 0.3) is 5.91 Å². The van der Waals surface area contributed by atoms with Gasteiger partial charge in [-0.05, 0) is 42.5 Å². The Kier molecular flexibility index (Phi) is 4.69. The topological polar surface area (TPSA) is 59.8 Å². The van der Waals surface area contributed by atoms with E-state index in [0.717, 1.165) is 29.0 Å². The van der Waals surface area contributed by atoms with E-state index in [-0.39, 0.29) is 22.5 Å². The summed E-state index contributed by atoms with van der Waals surface area (Å²) < 4.78 is 68.2. The van der Waals surface area contributed by atoms with Crippen molar-refractivity contribution in [2.24, 2.45) is 0 Å². The second-order valence-corrected chi connectivity index (χ2v) is 6.24. The van der Waals surface area contributed by atoms with Gasteiger partial charge < -0.3 is 5.32 Å². The lowest BCUT2D eigenvalue weighted by Gasteiger charge is -2.11. The van der Waals surface area contributed by atoms with Crippen LogP contribution in [-0.4, -0.2) is 20.4 Å². The van der Waals surface area contributed by atoms with Gasteiger partial charge in [-0.3, -0.25) is 9.36 Å². The number of carbonyl (C=O) groups excluding carboxylic acids is 1. The molecule has 2 aromatic carbocycles. The van der Waals surface area contributed by atoms with Crippen molar-refractivity contribution < 1.29 is 26.7 Å². The highest BCUT2D eigenvalue weighted by Crippen LogP contribution is 2.33. The summed E-state index contributed by atoms with van der Waals surface area (Å²) in [6, 6.07) is 11.0. The van der Waals surface area contributed by atoms with Crippen LogP contribution in [0.2, 0.25) is 0 Å². The molecule has 0 unspecified atom stereocenters. The minimum atomic E-state index is -4.72. The molecule has 0 saturated carbocycles. The standard InChI is InChI=1S/C20H11F5N4O/c21-11-5-7-14(22)13(9-11)18(30)27-12-6-8-17(26-10-12)29-16-4-2-1-3-15(16)28-19(29)20(23,24)25/h1-10H,(H,27,30). The summed E-state index contributed by atoms with van der Waals surface area (Å²) in [5.74, 6) is -3.86. The molecule has 4 aromatic rings. The molecule has 0 aliphatic carbocycles. The molecule has 0 radical (unpaired) electrons. The van der Waals surface area contributed by atoms with Crippen molar-refractivity contribution in [1.29, 1.82) is 0 Å². The van der Waals surface area contributed by atoms with Crippen LogP contribution >= 0.6 is 0 Å². The predicted octanol–water partition coefficient (Wildman–Crippen LogP) is 4.97. The highest BCUT2D eigenvalue weighted by atomic mass is 19.4. The molecule has 30 heavy (non-hydrogen) atoms. The van der Waals surface area contributed by atoms with Crippen molar-refractivity contribution in [2.45, 2.75) is 6.18 Å². The Balaban J connectivity index is 1.68. The molecule has 4 rings (SSSR count). The van der Waals surface area contributed by atoms with Crippen LogP contribution in [0.15, 0.2) is 60.8 Å². The monoisotopic (exact) mass is 418 g/mol. The highest BCUT2D eigenvalue weighted by molar-refractivity contribution is 6.04. The number of amides is 1. The van der Waals surface area contributed by atoms with E-state index in [9.17, 15) is 26.7 Å². The van der Waals surface area contributed by atoms with E-state index in [4.69, 9.17) is 0 Å². The maximum atomic E-state index is 13.7. The molecular formula is C20H11F5N4O. The number of hydrogen-bond donors (Lipinski definition) is 1. The van der Waals surface area contributed by atoms with Crippen LogP contribution in [0.4, 0.5) is 27.6 Å². The van der Waals surface area contributed by atoms with Crippen LogP contribution in [0, 0.1) is 11.6 Å². The van der Waals surface area contributed by atoms with Crippen LogP contribution in [0.3, 0.4) is 0 Å². The maximum absolute atomic E-state index is 13.7. The Morgan fingerprint density at radius 3 is 2.47 bits per heavy atom. The van der Waals surface area contributed by atoms with E-state index < -0.39 is 35.1 Å². The van der Waals surface area contributed by atoms with Gasteiger partial charge in [-0.25, -0.2) is 18.7 Å². The van der Waals surface area contributed by atoms with Crippen LogP contribution in [0.5, 0.6) is 0 Å². The molecule has 0 aliphatic rings. The first-order valence-electron chi connectivity index (χ1n) is 8.51. The SMILES string of the molecule is O=C(Nc1ccc(-n2c(C(F)(F)F)nc3ccccc32)nc1)c1cc(F)ccc1F. The smallest absolute Gasteiger partial charge is 0.320 e. The van der Waals surface area contributed by atoms with E-state index in [2.05, 4.69) is 15.3 Å². The second-order valence-electron chi connectivity index (χ2n) is 6.24. The first kappa shape index (κ1) is 19.5. The van der Waals surface area contributed by atoms with Crippen LogP contribution in [0.25, 0.3) is 16.9 Å². The normalized spacial score (nSPS) is 11.6. The van der Waals surface area contributed by atoms with Crippen LogP contribution in [-0.2, 0) is 6.18 Å². The summed E-state index contributed by atoms with van der Waals surface area (Å²) in [7, 11) is 0. The average Bonchev–Trinajstić information content (AvgIpc) is 3.10. The lowest BCUT2D eigenvalue weighted by Crippen LogP contribution is -2.16. The van der Waals surface area contributed by atoms with Gasteiger partial charge in [-0.15, -0.1) is 0 Å². The molecule has 1 amide bonds. The fourth-order valence-electron chi connectivity index (χ4n) is 2.91. The number of hydrogen-bond acceptors (Lipinski definition) is 3. The number of para-hydroxylation sites is 2. The molecule has 0 fully saturated rings. The van der Waals surface area contributed by atoms with Gasteiger partial charge in [-0.1, -0.05) is 12.1 Å². The minimum absolute atomic E-state index is 0.0778. The first-order valence-corrected chi connectivity index (χ1v) is 8.51. The molecule has 1 N–H and O–H groups in total. The number of nitrogens with one attached hydrogen (secondary N) is 1. The molecule has 0 bridgehead atoms. The largest absolute Gasteiger partial charge is 0.450 e. The molecule has 0 atom stereocenters. The third-order valence-corrected chi connectivity index (χ3v) is 4.22. The van der Waals surface area contributed by atoms with Crippen LogP contribution < -0.4 is 5.32 Å². The summed E-state index contributed by atoms with van der Waals surface area (Å²) in [6.07, 6.45) is -3.61. The zero-order chi connectivity index (χ0) is 21.5. The van der Waals surface area contributed by atoms with Gasteiger partial charge in [0.15, 0.2) is 0 Å². The number of pyridine rings is 1. The Labute approximate surface area is 165 Å². The number of rotatable bonds is 3.